The van der Waals surface area contributed by atoms with E-state index in [2.05, 4.69) is 27.3 Å². The fourth-order valence-corrected chi connectivity index (χ4v) is 1.91. The van der Waals surface area contributed by atoms with E-state index >= 15 is 0 Å². The largest absolute Gasteiger partial charge is 0.356 e. The predicted octanol–water partition coefficient (Wildman–Crippen LogP) is 0.281. The number of hydrogen-bond donors (Lipinski definition) is 3. The Morgan fingerprint density at radius 1 is 1.06 bits per heavy atom. The lowest BCUT2D eigenvalue weighted by atomic mass is 10.2. The van der Waals surface area contributed by atoms with Gasteiger partial charge in [-0.3, -0.25) is 4.99 Å². The Kier molecular flexibility index (Phi) is 9.67. The molecule has 0 aliphatic heterocycles. The Morgan fingerprint density at radius 2 is 1.72 bits per heavy atom. The van der Waals surface area contributed by atoms with Gasteiger partial charge in [-0.15, -0.1) is 0 Å². The van der Waals surface area contributed by atoms with Crippen LogP contribution in [0.5, 0.6) is 0 Å². The summed E-state index contributed by atoms with van der Waals surface area (Å²) in [5, 5.41) is 6.23. The van der Waals surface area contributed by atoms with Crippen LogP contribution in [0.4, 0.5) is 0 Å². The molecule has 0 rings (SSSR count). The van der Waals surface area contributed by atoms with Crippen molar-refractivity contribution in [3.05, 3.63) is 0 Å². The summed E-state index contributed by atoms with van der Waals surface area (Å²) in [5.41, 5.74) is 0. The summed E-state index contributed by atoms with van der Waals surface area (Å²) in [6.07, 6.45) is 3.49. The second-order valence-corrected chi connectivity index (χ2v) is 6.03. The summed E-state index contributed by atoms with van der Waals surface area (Å²) in [4.78, 5) is 4.06. The van der Waals surface area contributed by atoms with E-state index in [0.29, 0.717) is 19.0 Å². The van der Waals surface area contributed by atoms with E-state index < -0.39 is 10.0 Å². The lowest BCUT2D eigenvalue weighted by Gasteiger charge is -2.11. The van der Waals surface area contributed by atoms with Crippen LogP contribution < -0.4 is 15.4 Å². The van der Waals surface area contributed by atoms with Gasteiger partial charge in [-0.05, 0) is 13.3 Å². The van der Waals surface area contributed by atoms with Crippen LogP contribution in [0.15, 0.2) is 4.99 Å². The SMILES string of the molecule is CCCCCNC(=NC)NCCNS(=O)(=O)CC. The third-order valence-electron chi connectivity index (χ3n) is 2.42. The molecule has 0 radical (unpaired) electrons. The molecular weight excluding hydrogens is 252 g/mol. The second kappa shape index (κ2) is 10.1. The number of nitrogens with one attached hydrogen (secondary N) is 3. The van der Waals surface area contributed by atoms with E-state index in [4.69, 9.17) is 0 Å². The molecule has 18 heavy (non-hydrogen) atoms. The molecule has 7 heteroatoms. The molecule has 0 spiro atoms. The molecule has 0 bridgehead atoms. The van der Waals surface area contributed by atoms with Crippen molar-refractivity contribution in [2.24, 2.45) is 4.99 Å². The molecule has 0 amide bonds. The van der Waals surface area contributed by atoms with Crippen LogP contribution in [-0.4, -0.2) is 46.8 Å². The summed E-state index contributed by atoms with van der Waals surface area (Å²) in [5.74, 6) is 0.818. The van der Waals surface area contributed by atoms with Crippen molar-refractivity contribution in [1.29, 1.82) is 0 Å². The standard InChI is InChI=1S/C11H26N4O2S/c1-4-6-7-8-13-11(12-3)14-9-10-15-18(16,17)5-2/h15H,4-10H2,1-3H3,(H2,12,13,14). The minimum atomic E-state index is -3.10. The number of guanidine groups is 1. The Bertz CT molecular complexity index is 328. The number of unbranched alkanes of at least 4 members (excludes halogenated alkanes) is 2. The number of nitrogens with zero attached hydrogens (tertiary/aromatic N) is 1. The lowest BCUT2D eigenvalue weighted by molar-refractivity contribution is 0.581. The average molecular weight is 278 g/mol. The van der Waals surface area contributed by atoms with Gasteiger partial charge in [0.15, 0.2) is 5.96 Å². The molecule has 0 saturated heterocycles. The summed E-state index contributed by atoms with van der Waals surface area (Å²) in [7, 11) is -1.40. The Hall–Kier alpha value is -0.820. The van der Waals surface area contributed by atoms with E-state index in [1.807, 2.05) is 0 Å². The Labute approximate surface area is 111 Å². The Balaban J connectivity index is 3.69. The van der Waals surface area contributed by atoms with Crippen molar-refractivity contribution >= 4 is 16.0 Å². The van der Waals surface area contributed by atoms with Crippen LogP contribution in [0.1, 0.15) is 33.1 Å². The zero-order chi connectivity index (χ0) is 13.9. The minimum Gasteiger partial charge on any atom is -0.356 e. The monoisotopic (exact) mass is 278 g/mol. The molecule has 0 unspecified atom stereocenters. The van der Waals surface area contributed by atoms with E-state index in [0.717, 1.165) is 13.0 Å². The maximum absolute atomic E-state index is 11.2. The number of rotatable bonds is 9. The van der Waals surface area contributed by atoms with E-state index in [-0.39, 0.29) is 5.75 Å². The van der Waals surface area contributed by atoms with Crippen LogP contribution in [0.2, 0.25) is 0 Å². The van der Waals surface area contributed by atoms with Crippen molar-refractivity contribution in [3.8, 4) is 0 Å². The van der Waals surface area contributed by atoms with Gasteiger partial charge in [-0.2, -0.15) is 0 Å². The highest BCUT2D eigenvalue weighted by Crippen LogP contribution is 1.90. The molecule has 0 aromatic rings. The maximum Gasteiger partial charge on any atom is 0.211 e. The van der Waals surface area contributed by atoms with Crippen molar-refractivity contribution in [2.75, 3.05) is 32.4 Å². The van der Waals surface area contributed by atoms with Crippen LogP contribution >= 0.6 is 0 Å². The van der Waals surface area contributed by atoms with Crippen molar-refractivity contribution < 1.29 is 8.42 Å². The topological polar surface area (TPSA) is 82.6 Å². The molecule has 0 aromatic carbocycles. The van der Waals surface area contributed by atoms with Crippen molar-refractivity contribution in [2.45, 2.75) is 33.1 Å². The van der Waals surface area contributed by atoms with Gasteiger partial charge >= 0.3 is 0 Å². The third-order valence-corrected chi connectivity index (χ3v) is 3.82. The summed E-state index contributed by atoms with van der Waals surface area (Å²) in [6, 6.07) is 0. The van der Waals surface area contributed by atoms with Gasteiger partial charge in [0.25, 0.3) is 0 Å². The third kappa shape index (κ3) is 9.23. The first-order chi connectivity index (χ1) is 8.55. The molecule has 3 N–H and O–H groups in total. The molecule has 0 aliphatic rings. The highest BCUT2D eigenvalue weighted by atomic mass is 32.2. The van der Waals surface area contributed by atoms with E-state index in [9.17, 15) is 8.42 Å². The highest BCUT2D eigenvalue weighted by molar-refractivity contribution is 7.89. The zero-order valence-electron chi connectivity index (χ0n) is 11.6. The zero-order valence-corrected chi connectivity index (χ0v) is 12.4. The van der Waals surface area contributed by atoms with Gasteiger partial charge in [-0.1, -0.05) is 19.8 Å². The molecule has 108 valence electrons. The van der Waals surface area contributed by atoms with Crippen LogP contribution in [0.3, 0.4) is 0 Å². The average Bonchev–Trinajstić information content (AvgIpc) is 2.37. The van der Waals surface area contributed by atoms with Gasteiger partial charge in [0.05, 0.1) is 5.75 Å². The molecule has 0 heterocycles. The van der Waals surface area contributed by atoms with Gasteiger partial charge in [0.2, 0.25) is 10.0 Å². The van der Waals surface area contributed by atoms with Gasteiger partial charge < -0.3 is 10.6 Å². The Morgan fingerprint density at radius 3 is 2.28 bits per heavy atom. The first kappa shape index (κ1) is 17.2. The quantitative estimate of drug-likeness (QED) is 0.321. The molecule has 0 fully saturated rings. The van der Waals surface area contributed by atoms with Crippen molar-refractivity contribution in [1.82, 2.24) is 15.4 Å². The smallest absolute Gasteiger partial charge is 0.211 e. The van der Waals surface area contributed by atoms with Crippen LogP contribution in [0.25, 0.3) is 0 Å². The lowest BCUT2D eigenvalue weighted by Crippen LogP contribution is -2.42. The minimum absolute atomic E-state index is 0.108. The first-order valence-electron chi connectivity index (χ1n) is 6.47. The van der Waals surface area contributed by atoms with Crippen LogP contribution in [0, 0.1) is 0 Å². The number of sulfonamides is 1. The predicted molar refractivity (Wildman–Crippen MR) is 76.4 cm³/mol. The number of hydrogen-bond acceptors (Lipinski definition) is 3. The summed E-state index contributed by atoms with van der Waals surface area (Å²) < 4.78 is 24.8. The normalized spacial score (nSPS) is 12.5. The molecule has 0 aliphatic carbocycles. The fraction of sp³-hybridized carbons (Fsp3) is 0.909. The van der Waals surface area contributed by atoms with Gasteiger partial charge in [0, 0.05) is 26.7 Å². The fourth-order valence-electron chi connectivity index (χ4n) is 1.29. The van der Waals surface area contributed by atoms with Crippen LogP contribution in [-0.2, 0) is 10.0 Å². The van der Waals surface area contributed by atoms with Crippen molar-refractivity contribution in [3.63, 3.8) is 0 Å². The van der Waals surface area contributed by atoms with E-state index in [1.165, 1.54) is 12.8 Å². The second-order valence-electron chi connectivity index (χ2n) is 3.93. The molecule has 6 nitrogen and oxygen atoms in total. The molecule has 0 aromatic heterocycles. The maximum atomic E-state index is 11.2. The van der Waals surface area contributed by atoms with Gasteiger partial charge in [0.1, 0.15) is 0 Å². The van der Waals surface area contributed by atoms with Gasteiger partial charge in [-0.25, -0.2) is 13.1 Å². The summed E-state index contributed by atoms with van der Waals surface area (Å²) >= 11 is 0. The summed E-state index contributed by atoms with van der Waals surface area (Å²) in [6.45, 7) is 5.55. The number of aliphatic imine (C=N–C) groups is 1. The molecule has 0 atom stereocenters. The first-order valence-corrected chi connectivity index (χ1v) is 8.12. The molecular formula is C11H26N4O2S. The molecule has 0 saturated carbocycles. The van der Waals surface area contributed by atoms with E-state index in [1.54, 1.807) is 14.0 Å². The highest BCUT2D eigenvalue weighted by Gasteiger charge is 2.04.